The number of carboxylic acid groups (broad SMARTS) is 2. The van der Waals surface area contributed by atoms with Gasteiger partial charge in [0.05, 0.1) is 6.61 Å². The van der Waals surface area contributed by atoms with Gasteiger partial charge in [0.1, 0.15) is 35.4 Å². The molecule has 1 saturated heterocycles. The second-order valence-electron chi connectivity index (χ2n) is 7.95. The number of benzene rings is 1. The van der Waals surface area contributed by atoms with Crippen LogP contribution in [0.1, 0.15) is 23.0 Å². The quantitative estimate of drug-likeness (QED) is 0.167. The zero-order chi connectivity index (χ0) is 26.0. The highest BCUT2D eigenvalue weighted by Crippen LogP contribution is 2.41. The predicted octanol–water partition coefficient (Wildman–Crippen LogP) is -0.545. The van der Waals surface area contributed by atoms with Crippen LogP contribution in [0.25, 0.3) is 0 Å². The van der Waals surface area contributed by atoms with Gasteiger partial charge in [-0.15, -0.1) is 16.9 Å². The largest absolute Gasteiger partial charge is 0.481 e. The van der Waals surface area contributed by atoms with Gasteiger partial charge in [0.15, 0.2) is 0 Å². The number of rotatable bonds is 10. The number of aromatic nitrogens is 3. The molecule has 0 radical (unpaired) electrons. The van der Waals surface area contributed by atoms with Crippen molar-refractivity contribution in [3.63, 3.8) is 0 Å². The van der Waals surface area contributed by atoms with E-state index in [1.807, 2.05) is 0 Å². The molecule has 1 fully saturated rings. The number of nitrogens with one attached hydrogen (secondary N) is 2. The van der Waals surface area contributed by atoms with Crippen LogP contribution >= 0.6 is 23.5 Å². The van der Waals surface area contributed by atoms with Crippen molar-refractivity contribution < 1.29 is 34.5 Å². The maximum Gasteiger partial charge on any atom is 0.352 e. The lowest BCUT2D eigenvalue weighted by Crippen LogP contribution is -2.71. The Morgan fingerprint density at radius 2 is 2.00 bits per heavy atom. The normalized spacial score (nSPS) is 19.9. The second-order valence-corrected chi connectivity index (χ2v) is 10.0. The molecule has 7 N–H and O–H groups in total. The maximum atomic E-state index is 12.9. The van der Waals surface area contributed by atoms with Gasteiger partial charge in [-0.25, -0.2) is 9.78 Å². The first kappa shape index (κ1) is 25.7. The van der Waals surface area contributed by atoms with E-state index in [4.69, 9.17) is 15.9 Å². The summed E-state index contributed by atoms with van der Waals surface area (Å²) in [6, 6.07) is 4.57. The van der Waals surface area contributed by atoms with E-state index in [1.165, 1.54) is 11.8 Å². The lowest BCUT2D eigenvalue weighted by Gasteiger charge is -2.49. The minimum atomic E-state index is -1.27. The van der Waals surface area contributed by atoms with Crippen LogP contribution in [-0.2, 0) is 32.2 Å². The summed E-state index contributed by atoms with van der Waals surface area (Å²) in [6.07, 6.45) is -0.318. The molecule has 4 rings (SSSR count). The second kappa shape index (κ2) is 10.7. The summed E-state index contributed by atoms with van der Waals surface area (Å²) in [6.45, 7) is -0.142. The molecule has 190 valence electrons. The van der Waals surface area contributed by atoms with Gasteiger partial charge in [0.2, 0.25) is 11.1 Å². The highest BCUT2D eigenvalue weighted by Gasteiger charge is 2.54. The molecule has 1 aromatic carbocycles. The standard InChI is InChI=1S/C21H22N6O7S2/c22-14(10-3-1-9(6-28)2-4-10)17(31)24-15-18(32)27-16(20(33)34)11(7-35-19(15)27)8-36-21-23-12(25-26-21)5-13(29)30/h1-4,14-15,19,28H,5-8,22H2,(H,24,31)(H,29,30)(H,33,34)(H,23,25,26)/t14?,15?,19-/m1/s1. The highest BCUT2D eigenvalue weighted by molar-refractivity contribution is 8.01. The van der Waals surface area contributed by atoms with E-state index >= 15 is 0 Å². The van der Waals surface area contributed by atoms with Crippen LogP contribution < -0.4 is 11.1 Å². The Hall–Kier alpha value is -3.40. The van der Waals surface area contributed by atoms with Crippen LogP contribution in [0.5, 0.6) is 0 Å². The van der Waals surface area contributed by atoms with Crippen molar-refractivity contribution >= 4 is 47.3 Å². The maximum absolute atomic E-state index is 12.9. The molecule has 2 aromatic rings. The van der Waals surface area contributed by atoms with Crippen molar-refractivity contribution in [1.82, 2.24) is 25.4 Å². The van der Waals surface area contributed by atoms with Gasteiger partial charge < -0.3 is 26.4 Å². The van der Waals surface area contributed by atoms with Gasteiger partial charge in [0.25, 0.3) is 5.91 Å². The summed E-state index contributed by atoms with van der Waals surface area (Å²) in [5.74, 6) is -2.80. The molecule has 3 atom stereocenters. The molecule has 13 nitrogen and oxygen atoms in total. The summed E-state index contributed by atoms with van der Waals surface area (Å²) in [5, 5.41) is 36.5. The number of β-lactam (4-membered cyclic amide) rings is 1. The Balaban J connectivity index is 1.41. The first-order chi connectivity index (χ1) is 17.2. The number of nitrogens with two attached hydrogens (primary N) is 1. The molecule has 36 heavy (non-hydrogen) atoms. The number of carbonyl (C=O) groups is 4. The topological polar surface area (TPSA) is 212 Å². The number of hydrogen-bond donors (Lipinski definition) is 6. The third kappa shape index (κ3) is 5.23. The summed E-state index contributed by atoms with van der Waals surface area (Å²) >= 11 is 2.44. The predicted molar refractivity (Wildman–Crippen MR) is 127 cm³/mol. The Morgan fingerprint density at radius 1 is 1.28 bits per heavy atom. The molecule has 0 aliphatic carbocycles. The van der Waals surface area contributed by atoms with E-state index in [0.29, 0.717) is 22.5 Å². The van der Waals surface area contributed by atoms with Gasteiger partial charge in [-0.1, -0.05) is 36.0 Å². The Morgan fingerprint density at radius 3 is 2.64 bits per heavy atom. The number of aliphatic carboxylic acids is 2. The molecular weight excluding hydrogens is 512 g/mol. The number of carbonyl (C=O) groups excluding carboxylic acids is 2. The average molecular weight is 535 g/mol. The number of carboxylic acids is 2. The SMILES string of the molecule is NC(C(=O)NC1C(=O)N2C(C(=O)O)=C(CSc3n[nH]c(CC(=O)O)n3)CS[C@H]12)c1ccc(CO)cc1. The fraction of sp³-hybridized carbons (Fsp3) is 0.333. The van der Waals surface area contributed by atoms with E-state index in [9.17, 15) is 24.3 Å². The number of thioether (sulfide) groups is 2. The number of aliphatic hydroxyl groups excluding tert-OH is 1. The molecule has 2 aliphatic heterocycles. The third-order valence-corrected chi connectivity index (χ3v) is 7.83. The Kier molecular flexibility index (Phi) is 7.63. The van der Waals surface area contributed by atoms with Crippen LogP contribution in [-0.4, -0.2) is 82.1 Å². The van der Waals surface area contributed by atoms with Crippen molar-refractivity contribution in [3.8, 4) is 0 Å². The summed E-state index contributed by atoms with van der Waals surface area (Å²) in [7, 11) is 0. The first-order valence-electron chi connectivity index (χ1n) is 10.6. The molecule has 2 unspecified atom stereocenters. The summed E-state index contributed by atoms with van der Waals surface area (Å²) in [4.78, 5) is 53.5. The fourth-order valence-corrected chi connectivity index (χ4v) is 6.04. The molecule has 15 heteroatoms. The van der Waals surface area contributed by atoms with Crippen LogP contribution in [0.4, 0.5) is 0 Å². The zero-order valence-corrected chi connectivity index (χ0v) is 20.2. The molecule has 2 aliphatic rings. The van der Waals surface area contributed by atoms with Crippen LogP contribution in [0.3, 0.4) is 0 Å². The number of aromatic amines is 1. The van der Waals surface area contributed by atoms with Gasteiger partial charge in [-0.2, -0.15) is 0 Å². The van der Waals surface area contributed by atoms with E-state index in [1.54, 1.807) is 24.3 Å². The average Bonchev–Trinajstić information content (AvgIpc) is 3.31. The van der Waals surface area contributed by atoms with Gasteiger partial charge in [-0.3, -0.25) is 24.4 Å². The van der Waals surface area contributed by atoms with Crippen LogP contribution in [0.2, 0.25) is 0 Å². The Bertz CT molecular complexity index is 1230. The van der Waals surface area contributed by atoms with Crippen molar-refractivity contribution in [1.29, 1.82) is 0 Å². The molecule has 1 aromatic heterocycles. The van der Waals surface area contributed by atoms with Crippen molar-refractivity contribution in [2.24, 2.45) is 5.73 Å². The van der Waals surface area contributed by atoms with Gasteiger partial charge in [-0.05, 0) is 16.7 Å². The first-order valence-corrected chi connectivity index (χ1v) is 12.6. The lowest BCUT2D eigenvalue weighted by atomic mass is 10.0. The highest BCUT2D eigenvalue weighted by atomic mass is 32.2. The number of H-pyrrole nitrogens is 1. The number of aliphatic hydroxyl groups is 1. The van der Waals surface area contributed by atoms with E-state index in [2.05, 4.69) is 20.5 Å². The van der Waals surface area contributed by atoms with Crippen molar-refractivity contribution in [3.05, 3.63) is 52.5 Å². The molecule has 0 saturated carbocycles. The van der Waals surface area contributed by atoms with Gasteiger partial charge >= 0.3 is 11.9 Å². The zero-order valence-electron chi connectivity index (χ0n) is 18.6. The number of nitrogens with zero attached hydrogens (tertiary/aromatic N) is 3. The van der Waals surface area contributed by atoms with Crippen LogP contribution in [0, 0.1) is 0 Å². The van der Waals surface area contributed by atoms with E-state index in [0.717, 1.165) is 16.7 Å². The molecular formula is C21H22N6O7S2. The van der Waals surface area contributed by atoms with Crippen molar-refractivity contribution in [2.45, 2.75) is 35.6 Å². The minimum absolute atomic E-state index is 0.142. The van der Waals surface area contributed by atoms with E-state index < -0.39 is 41.2 Å². The third-order valence-electron chi connectivity index (χ3n) is 5.56. The monoisotopic (exact) mass is 534 g/mol. The van der Waals surface area contributed by atoms with Crippen LogP contribution in [0.15, 0.2) is 40.7 Å². The minimum Gasteiger partial charge on any atom is -0.481 e. The fourth-order valence-electron chi connectivity index (χ4n) is 3.74. The smallest absolute Gasteiger partial charge is 0.352 e. The molecule has 0 spiro atoms. The van der Waals surface area contributed by atoms with Crippen molar-refractivity contribution in [2.75, 3.05) is 11.5 Å². The summed E-state index contributed by atoms with van der Waals surface area (Å²) < 4.78 is 0. The molecule has 3 heterocycles. The summed E-state index contributed by atoms with van der Waals surface area (Å²) in [5.41, 5.74) is 7.54. The Labute approximate surface area is 212 Å². The number of hydrogen-bond acceptors (Lipinski definition) is 10. The van der Waals surface area contributed by atoms with E-state index in [-0.39, 0.29) is 35.5 Å². The molecule has 2 amide bonds. The van der Waals surface area contributed by atoms with Gasteiger partial charge in [0, 0.05) is 11.5 Å². The molecule has 0 bridgehead atoms. The number of amides is 2. The number of fused-ring (bicyclic) bond motifs is 1. The lowest BCUT2D eigenvalue weighted by molar-refractivity contribution is -0.150.